The van der Waals surface area contributed by atoms with Gasteiger partial charge in [-0.2, -0.15) is 0 Å². The molecule has 2 aromatic carbocycles. The van der Waals surface area contributed by atoms with Crippen molar-refractivity contribution >= 4 is 11.5 Å². The molecule has 1 amide bonds. The molecule has 5 nitrogen and oxygen atoms in total. The van der Waals surface area contributed by atoms with Gasteiger partial charge in [0.1, 0.15) is 11.6 Å². The lowest BCUT2D eigenvalue weighted by Gasteiger charge is -2.52. The van der Waals surface area contributed by atoms with Gasteiger partial charge in [-0.3, -0.25) is 9.78 Å². The minimum absolute atomic E-state index is 0.00757. The number of halogens is 1. The molecule has 2 heterocycles. The fourth-order valence-corrected chi connectivity index (χ4v) is 5.13. The highest BCUT2D eigenvalue weighted by atomic mass is 19.1. The summed E-state index contributed by atoms with van der Waals surface area (Å²) in [6, 6.07) is 16.6. The van der Waals surface area contributed by atoms with Crippen molar-refractivity contribution in [1.29, 1.82) is 0 Å². The molecule has 1 atom stereocenters. The Kier molecular flexibility index (Phi) is 6.63. The zero-order valence-electron chi connectivity index (χ0n) is 21.0. The maximum absolute atomic E-state index is 13.6. The number of carbonyl (C=O) groups excluding carboxylic acids is 1. The number of nitrogens with one attached hydrogen (secondary N) is 2. The molecule has 1 saturated heterocycles. The van der Waals surface area contributed by atoms with E-state index in [9.17, 15) is 9.18 Å². The molecule has 1 saturated carbocycles. The van der Waals surface area contributed by atoms with Crippen LogP contribution < -0.4 is 15.4 Å². The van der Waals surface area contributed by atoms with E-state index in [0.717, 1.165) is 42.6 Å². The molecule has 1 aliphatic carbocycles. The number of pyridine rings is 1. The highest BCUT2D eigenvalue weighted by Gasteiger charge is 2.46. The molecule has 0 bridgehead atoms. The quantitative estimate of drug-likeness (QED) is 0.452. The number of carbonyl (C=O) groups is 1. The third-order valence-corrected chi connectivity index (χ3v) is 7.06. The highest BCUT2D eigenvalue weighted by Crippen LogP contribution is 2.51. The Hall–Kier alpha value is -3.51. The van der Waals surface area contributed by atoms with Crippen molar-refractivity contribution in [1.82, 2.24) is 15.6 Å². The Morgan fingerprint density at radius 1 is 0.972 bits per heavy atom. The summed E-state index contributed by atoms with van der Waals surface area (Å²) in [5.74, 6) is 0.149. The molecule has 0 radical (unpaired) electrons. The molecule has 2 aliphatic rings. The number of aromatic nitrogens is 1. The molecule has 186 valence electrons. The van der Waals surface area contributed by atoms with Gasteiger partial charge in [-0.05, 0) is 74.1 Å². The van der Waals surface area contributed by atoms with Crippen molar-refractivity contribution in [3.8, 4) is 5.75 Å². The second-order valence-corrected chi connectivity index (χ2v) is 10.3. The van der Waals surface area contributed by atoms with Crippen molar-refractivity contribution in [2.24, 2.45) is 5.41 Å². The molecule has 1 aliphatic heterocycles. The molecule has 36 heavy (non-hydrogen) atoms. The molecule has 1 aromatic heterocycles. The second-order valence-electron chi connectivity index (χ2n) is 10.3. The minimum Gasteiger partial charge on any atom is -0.489 e. The van der Waals surface area contributed by atoms with Crippen LogP contribution in [0.25, 0.3) is 5.57 Å². The maximum Gasteiger partial charge on any atom is 0.253 e. The molecule has 2 fully saturated rings. The number of ether oxygens (including phenoxy) is 1. The molecule has 6 heteroatoms. The lowest BCUT2D eigenvalue weighted by atomic mass is 9.60. The SMILES string of the molecule is CC(C)Oc1cncc(C(=O)N[C@H](C)c2ccc(C(=C3CC4(CNC4)C3)c3ccc(F)cc3)cc2)c1. The molecule has 3 aromatic rings. The van der Waals surface area contributed by atoms with Gasteiger partial charge in [0.25, 0.3) is 5.91 Å². The van der Waals surface area contributed by atoms with E-state index in [1.807, 2.05) is 32.9 Å². The Balaban J connectivity index is 1.33. The van der Waals surface area contributed by atoms with E-state index >= 15 is 0 Å². The van der Waals surface area contributed by atoms with Crippen LogP contribution in [0.15, 0.2) is 72.6 Å². The molecule has 5 rings (SSSR count). The Labute approximate surface area is 211 Å². The van der Waals surface area contributed by atoms with Crippen LogP contribution in [-0.2, 0) is 0 Å². The number of rotatable bonds is 7. The summed E-state index contributed by atoms with van der Waals surface area (Å²) < 4.78 is 19.3. The van der Waals surface area contributed by atoms with Gasteiger partial charge in [0.05, 0.1) is 23.9 Å². The van der Waals surface area contributed by atoms with Crippen LogP contribution in [0.3, 0.4) is 0 Å². The molecular weight excluding hydrogens is 453 g/mol. The summed E-state index contributed by atoms with van der Waals surface area (Å²) in [6.45, 7) is 7.98. The summed E-state index contributed by atoms with van der Waals surface area (Å²) in [4.78, 5) is 17.0. The van der Waals surface area contributed by atoms with Gasteiger partial charge in [0.15, 0.2) is 0 Å². The monoisotopic (exact) mass is 485 g/mol. The number of amides is 1. The standard InChI is InChI=1S/C30H32FN3O2/c1-19(2)36-27-12-24(15-32-16-27)29(35)34-20(3)21-4-6-22(7-5-21)28(23-8-10-26(31)11-9-23)25-13-30(14-25)17-33-18-30/h4-12,15-16,19-20,33H,13-14,17-18H2,1-3H3,(H,34,35)/t20-/m1/s1. The number of hydrogen-bond donors (Lipinski definition) is 2. The van der Waals surface area contributed by atoms with Crippen molar-refractivity contribution in [3.05, 3.63) is 101 Å². The Morgan fingerprint density at radius 2 is 1.61 bits per heavy atom. The first-order valence-corrected chi connectivity index (χ1v) is 12.5. The molecule has 0 unspecified atom stereocenters. The van der Waals surface area contributed by atoms with Gasteiger partial charge in [-0.15, -0.1) is 0 Å². The first-order valence-electron chi connectivity index (χ1n) is 12.5. The highest BCUT2D eigenvalue weighted by molar-refractivity contribution is 5.94. The number of allylic oxidation sites excluding steroid dienone is 1. The van der Waals surface area contributed by atoms with Gasteiger partial charge in [-0.1, -0.05) is 42.0 Å². The molecular formula is C30H32FN3O2. The van der Waals surface area contributed by atoms with E-state index in [0.29, 0.717) is 16.7 Å². The fraction of sp³-hybridized carbons (Fsp3) is 0.333. The summed E-state index contributed by atoms with van der Waals surface area (Å²) in [5, 5.41) is 6.45. The van der Waals surface area contributed by atoms with Crippen LogP contribution in [0.5, 0.6) is 5.75 Å². The molecule has 2 N–H and O–H groups in total. The van der Waals surface area contributed by atoms with Gasteiger partial charge in [-0.25, -0.2) is 4.39 Å². The second kappa shape index (κ2) is 9.86. The van der Waals surface area contributed by atoms with E-state index in [4.69, 9.17) is 4.74 Å². The largest absolute Gasteiger partial charge is 0.489 e. The maximum atomic E-state index is 13.6. The minimum atomic E-state index is -0.229. The van der Waals surface area contributed by atoms with Gasteiger partial charge < -0.3 is 15.4 Å². The first kappa shape index (κ1) is 24.2. The van der Waals surface area contributed by atoms with Gasteiger partial charge in [0.2, 0.25) is 0 Å². The van der Waals surface area contributed by atoms with Gasteiger partial charge in [0, 0.05) is 24.7 Å². The Morgan fingerprint density at radius 3 is 2.19 bits per heavy atom. The zero-order valence-corrected chi connectivity index (χ0v) is 21.0. The third-order valence-electron chi connectivity index (χ3n) is 7.06. The van der Waals surface area contributed by atoms with Crippen LogP contribution in [0.1, 0.15) is 66.7 Å². The predicted molar refractivity (Wildman–Crippen MR) is 139 cm³/mol. The smallest absolute Gasteiger partial charge is 0.253 e. The van der Waals surface area contributed by atoms with Crippen LogP contribution in [0, 0.1) is 11.2 Å². The van der Waals surface area contributed by atoms with Crippen molar-refractivity contribution in [2.45, 2.75) is 45.8 Å². The first-order chi connectivity index (χ1) is 17.3. The predicted octanol–water partition coefficient (Wildman–Crippen LogP) is 5.68. The van der Waals surface area contributed by atoms with Crippen LogP contribution in [0.2, 0.25) is 0 Å². The van der Waals surface area contributed by atoms with E-state index in [-0.39, 0.29) is 23.9 Å². The molecule has 1 spiro atoms. The third kappa shape index (κ3) is 5.05. The number of benzene rings is 2. The fourth-order valence-electron chi connectivity index (χ4n) is 5.13. The Bertz CT molecular complexity index is 1270. The van der Waals surface area contributed by atoms with Crippen LogP contribution >= 0.6 is 0 Å². The topological polar surface area (TPSA) is 63.2 Å². The average Bonchev–Trinajstić information content (AvgIpc) is 2.80. The van der Waals surface area contributed by atoms with E-state index in [1.165, 1.54) is 23.3 Å². The number of nitrogens with zero attached hydrogens (tertiary/aromatic N) is 1. The summed E-state index contributed by atoms with van der Waals surface area (Å²) in [7, 11) is 0. The normalized spacial score (nSPS) is 16.8. The lowest BCUT2D eigenvalue weighted by Crippen LogP contribution is -2.58. The number of hydrogen-bond acceptors (Lipinski definition) is 4. The van der Waals surface area contributed by atoms with Crippen molar-refractivity contribution < 1.29 is 13.9 Å². The van der Waals surface area contributed by atoms with E-state index < -0.39 is 0 Å². The van der Waals surface area contributed by atoms with E-state index in [2.05, 4.69) is 39.9 Å². The van der Waals surface area contributed by atoms with Crippen LogP contribution in [0.4, 0.5) is 4.39 Å². The van der Waals surface area contributed by atoms with Gasteiger partial charge >= 0.3 is 0 Å². The van der Waals surface area contributed by atoms with Crippen LogP contribution in [-0.4, -0.2) is 30.1 Å². The lowest BCUT2D eigenvalue weighted by molar-refractivity contribution is 0.0938. The van der Waals surface area contributed by atoms with Crippen molar-refractivity contribution in [2.75, 3.05) is 13.1 Å². The van der Waals surface area contributed by atoms with E-state index in [1.54, 1.807) is 18.5 Å². The average molecular weight is 486 g/mol. The summed E-state index contributed by atoms with van der Waals surface area (Å²) in [5.41, 5.74) is 6.65. The summed E-state index contributed by atoms with van der Waals surface area (Å²) >= 11 is 0. The summed E-state index contributed by atoms with van der Waals surface area (Å²) in [6.07, 6.45) is 5.32. The zero-order chi connectivity index (χ0) is 25.3. The van der Waals surface area contributed by atoms with Crippen molar-refractivity contribution in [3.63, 3.8) is 0 Å².